The van der Waals surface area contributed by atoms with Gasteiger partial charge in [-0.25, -0.2) is 0 Å². The van der Waals surface area contributed by atoms with Gasteiger partial charge in [0.05, 0.1) is 0 Å². The van der Waals surface area contributed by atoms with Crippen LogP contribution in [0.2, 0.25) is 0 Å². The maximum absolute atomic E-state index is 11.0. The van der Waals surface area contributed by atoms with E-state index in [0.29, 0.717) is 18.4 Å². The molecular formula is C24H29NO2. The van der Waals surface area contributed by atoms with E-state index in [4.69, 9.17) is 5.11 Å². The van der Waals surface area contributed by atoms with Crippen LogP contribution in [0.5, 0.6) is 0 Å². The highest BCUT2D eigenvalue weighted by Gasteiger charge is 2.31. The standard InChI is InChI=1S/C24H29NO2/c1-19-22(18-24(26)27)15-17-25(19)16-9-8-14-23(20-10-4-2-5-11-20)21-12-6-3-7-13-21/h2-7,10-14,19,22H,8-9,15-18H2,1H3,(H,26,27). The zero-order valence-corrected chi connectivity index (χ0v) is 16.1. The molecule has 27 heavy (non-hydrogen) atoms. The molecule has 2 unspecified atom stereocenters. The van der Waals surface area contributed by atoms with E-state index in [1.54, 1.807) is 0 Å². The van der Waals surface area contributed by atoms with Crippen LogP contribution in [0.1, 0.15) is 43.7 Å². The first kappa shape index (κ1) is 19.4. The fourth-order valence-corrected chi connectivity index (χ4v) is 4.07. The summed E-state index contributed by atoms with van der Waals surface area (Å²) < 4.78 is 0. The van der Waals surface area contributed by atoms with Crippen LogP contribution >= 0.6 is 0 Å². The summed E-state index contributed by atoms with van der Waals surface area (Å²) in [6, 6.07) is 21.5. The van der Waals surface area contributed by atoms with E-state index in [-0.39, 0.29) is 0 Å². The molecule has 0 aromatic heterocycles. The molecule has 3 nitrogen and oxygen atoms in total. The van der Waals surface area contributed by atoms with Crippen molar-refractivity contribution in [1.29, 1.82) is 0 Å². The Kier molecular flexibility index (Phi) is 6.83. The number of hydrogen-bond donors (Lipinski definition) is 1. The lowest BCUT2D eigenvalue weighted by molar-refractivity contribution is -0.138. The average Bonchev–Trinajstić information content (AvgIpc) is 3.02. The van der Waals surface area contributed by atoms with Gasteiger partial charge in [0.1, 0.15) is 0 Å². The number of benzene rings is 2. The van der Waals surface area contributed by atoms with Crippen LogP contribution in [0.15, 0.2) is 66.7 Å². The molecule has 1 N–H and O–H groups in total. The maximum atomic E-state index is 11.0. The molecular weight excluding hydrogens is 334 g/mol. The van der Waals surface area contributed by atoms with E-state index in [2.05, 4.69) is 78.6 Å². The van der Waals surface area contributed by atoms with Gasteiger partial charge in [0, 0.05) is 12.5 Å². The molecule has 1 saturated heterocycles. The molecule has 2 aromatic carbocycles. The fraction of sp³-hybridized carbons (Fsp3) is 0.375. The Labute approximate surface area is 162 Å². The highest BCUT2D eigenvalue weighted by atomic mass is 16.4. The van der Waals surface area contributed by atoms with Crippen LogP contribution < -0.4 is 0 Å². The number of hydrogen-bond acceptors (Lipinski definition) is 2. The van der Waals surface area contributed by atoms with E-state index in [1.807, 2.05) is 0 Å². The van der Waals surface area contributed by atoms with Gasteiger partial charge in [0.15, 0.2) is 0 Å². The van der Waals surface area contributed by atoms with Gasteiger partial charge < -0.3 is 10.0 Å². The molecule has 0 spiro atoms. The first-order valence-corrected chi connectivity index (χ1v) is 9.92. The minimum atomic E-state index is -0.674. The normalized spacial score (nSPS) is 19.7. The summed E-state index contributed by atoms with van der Waals surface area (Å²) in [4.78, 5) is 13.4. The zero-order chi connectivity index (χ0) is 19.1. The fourth-order valence-electron chi connectivity index (χ4n) is 4.07. The maximum Gasteiger partial charge on any atom is 0.303 e. The van der Waals surface area contributed by atoms with Gasteiger partial charge >= 0.3 is 5.97 Å². The molecule has 1 aliphatic rings. The van der Waals surface area contributed by atoms with Crippen LogP contribution in [0.25, 0.3) is 5.57 Å². The molecule has 0 amide bonds. The van der Waals surface area contributed by atoms with Crippen molar-refractivity contribution < 1.29 is 9.90 Å². The average molecular weight is 364 g/mol. The summed E-state index contributed by atoms with van der Waals surface area (Å²) in [7, 11) is 0. The molecule has 1 aliphatic heterocycles. The Balaban J connectivity index is 1.60. The molecule has 0 bridgehead atoms. The molecule has 0 aliphatic carbocycles. The van der Waals surface area contributed by atoms with E-state index < -0.39 is 5.97 Å². The summed E-state index contributed by atoms with van der Waals surface area (Å²) in [6.07, 6.45) is 5.76. The minimum absolute atomic E-state index is 0.294. The molecule has 0 radical (unpaired) electrons. The SMILES string of the molecule is CC1C(CC(=O)O)CCN1CCCC=C(c1ccccc1)c1ccccc1. The number of carbonyl (C=O) groups is 1. The van der Waals surface area contributed by atoms with Gasteiger partial charge in [-0.3, -0.25) is 4.79 Å². The predicted octanol–water partition coefficient (Wildman–Crippen LogP) is 5.08. The Hall–Kier alpha value is -2.39. The largest absolute Gasteiger partial charge is 0.481 e. The van der Waals surface area contributed by atoms with E-state index in [0.717, 1.165) is 32.4 Å². The van der Waals surface area contributed by atoms with Gasteiger partial charge in [-0.2, -0.15) is 0 Å². The molecule has 0 saturated carbocycles. The lowest BCUT2D eigenvalue weighted by Crippen LogP contribution is -2.31. The Bertz CT molecular complexity index is 713. The third-order valence-electron chi connectivity index (χ3n) is 5.65. The third kappa shape index (κ3) is 5.30. The zero-order valence-electron chi connectivity index (χ0n) is 16.1. The van der Waals surface area contributed by atoms with Crippen LogP contribution in [0, 0.1) is 5.92 Å². The lowest BCUT2D eigenvalue weighted by Gasteiger charge is -2.23. The van der Waals surface area contributed by atoms with Crippen molar-refractivity contribution in [1.82, 2.24) is 4.90 Å². The van der Waals surface area contributed by atoms with Crippen molar-refractivity contribution in [2.45, 2.75) is 38.6 Å². The molecule has 2 aromatic rings. The van der Waals surface area contributed by atoms with E-state index in [1.165, 1.54) is 16.7 Å². The lowest BCUT2D eigenvalue weighted by atomic mass is 9.96. The molecule has 2 atom stereocenters. The monoisotopic (exact) mass is 363 g/mol. The topological polar surface area (TPSA) is 40.5 Å². The third-order valence-corrected chi connectivity index (χ3v) is 5.65. The van der Waals surface area contributed by atoms with Gasteiger partial charge in [-0.15, -0.1) is 0 Å². The van der Waals surface area contributed by atoms with Crippen molar-refractivity contribution in [3.8, 4) is 0 Å². The number of carboxylic acids is 1. The number of carboxylic acid groups (broad SMARTS) is 1. The van der Waals surface area contributed by atoms with Gasteiger partial charge in [0.25, 0.3) is 0 Å². The molecule has 3 heteroatoms. The number of likely N-dealkylation sites (tertiary alicyclic amines) is 1. The van der Waals surface area contributed by atoms with Crippen molar-refractivity contribution in [2.24, 2.45) is 5.92 Å². The first-order valence-electron chi connectivity index (χ1n) is 9.92. The first-order chi connectivity index (χ1) is 13.1. The smallest absolute Gasteiger partial charge is 0.303 e. The molecule has 142 valence electrons. The quantitative estimate of drug-likeness (QED) is 0.665. The Morgan fingerprint density at radius 2 is 1.67 bits per heavy atom. The van der Waals surface area contributed by atoms with Crippen molar-refractivity contribution >= 4 is 11.5 Å². The number of unbranched alkanes of at least 4 members (excludes halogenated alkanes) is 1. The Morgan fingerprint density at radius 3 is 2.22 bits per heavy atom. The second kappa shape index (κ2) is 9.52. The summed E-state index contributed by atoms with van der Waals surface area (Å²) in [5.41, 5.74) is 3.79. The Morgan fingerprint density at radius 1 is 1.07 bits per heavy atom. The van der Waals surface area contributed by atoms with Crippen LogP contribution in [0.3, 0.4) is 0 Å². The number of nitrogens with zero attached hydrogens (tertiary/aromatic N) is 1. The summed E-state index contributed by atoms with van der Waals surface area (Å²) >= 11 is 0. The van der Waals surface area contributed by atoms with E-state index >= 15 is 0 Å². The number of allylic oxidation sites excluding steroid dienone is 1. The number of rotatable bonds is 8. The van der Waals surface area contributed by atoms with Gasteiger partial charge in [-0.05, 0) is 61.9 Å². The highest BCUT2D eigenvalue weighted by molar-refractivity contribution is 5.79. The van der Waals surface area contributed by atoms with Crippen molar-refractivity contribution in [2.75, 3.05) is 13.1 Å². The second-order valence-electron chi connectivity index (χ2n) is 7.42. The van der Waals surface area contributed by atoms with Crippen LogP contribution in [0.4, 0.5) is 0 Å². The van der Waals surface area contributed by atoms with Crippen LogP contribution in [-0.4, -0.2) is 35.1 Å². The predicted molar refractivity (Wildman–Crippen MR) is 111 cm³/mol. The van der Waals surface area contributed by atoms with Crippen molar-refractivity contribution in [3.05, 3.63) is 77.9 Å². The minimum Gasteiger partial charge on any atom is -0.481 e. The number of aliphatic carboxylic acids is 1. The summed E-state index contributed by atoms with van der Waals surface area (Å²) in [5.74, 6) is -0.380. The van der Waals surface area contributed by atoms with Crippen molar-refractivity contribution in [3.63, 3.8) is 0 Å². The molecule has 1 fully saturated rings. The molecule has 3 rings (SSSR count). The second-order valence-corrected chi connectivity index (χ2v) is 7.42. The van der Waals surface area contributed by atoms with E-state index in [9.17, 15) is 4.79 Å². The molecule has 1 heterocycles. The summed E-state index contributed by atoms with van der Waals surface area (Å²) in [6.45, 7) is 4.23. The van der Waals surface area contributed by atoms with Crippen LogP contribution in [-0.2, 0) is 4.79 Å². The summed E-state index contributed by atoms with van der Waals surface area (Å²) in [5, 5.41) is 9.04. The highest BCUT2D eigenvalue weighted by Crippen LogP contribution is 2.28. The van der Waals surface area contributed by atoms with Gasteiger partial charge in [0.2, 0.25) is 0 Å². The van der Waals surface area contributed by atoms with Gasteiger partial charge in [-0.1, -0.05) is 66.7 Å².